The highest BCUT2D eigenvalue weighted by atomic mass is 32.2. The number of sulfonamides is 1. The second-order valence-electron chi connectivity index (χ2n) is 4.78. The number of nitrogens with zero attached hydrogens (tertiary/aromatic N) is 1. The van der Waals surface area contributed by atoms with Gasteiger partial charge in [0, 0.05) is 13.7 Å². The third kappa shape index (κ3) is 2.70. The molecule has 0 bridgehead atoms. The molecule has 1 fully saturated rings. The van der Waals surface area contributed by atoms with E-state index in [-0.39, 0.29) is 22.6 Å². The van der Waals surface area contributed by atoms with E-state index in [1.54, 1.807) is 0 Å². The number of hydrogen-bond donors (Lipinski definition) is 1. The van der Waals surface area contributed by atoms with Crippen LogP contribution in [0.15, 0.2) is 29.2 Å². The Morgan fingerprint density at radius 1 is 1.35 bits per heavy atom. The number of carboxylic acids is 1. The first-order chi connectivity index (χ1) is 9.34. The van der Waals surface area contributed by atoms with Crippen LogP contribution in [0.5, 0.6) is 0 Å². The Morgan fingerprint density at radius 3 is 2.40 bits per heavy atom. The van der Waals surface area contributed by atoms with Crippen LogP contribution < -0.4 is 0 Å². The molecule has 1 aliphatic rings. The average molecular weight is 299 g/mol. The van der Waals surface area contributed by atoms with E-state index in [2.05, 4.69) is 0 Å². The largest absolute Gasteiger partial charge is 0.478 e. The van der Waals surface area contributed by atoms with Crippen molar-refractivity contribution < 1.29 is 23.1 Å². The molecule has 0 radical (unpaired) electrons. The Balaban J connectivity index is 2.27. The summed E-state index contributed by atoms with van der Waals surface area (Å²) < 4.78 is 31.6. The third-order valence-electron chi connectivity index (χ3n) is 3.58. The molecule has 2 rings (SSSR count). The van der Waals surface area contributed by atoms with Crippen LogP contribution in [0.1, 0.15) is 23.7 Å². The number of aromatic carboxylic acids is 1. The fourth-order valence-corrected chi connectivity index (χ4v) is 3.76. The van der Waals surface area contributed by atoms with Crippen LogP contribution in [-0.4, -0.2) is 49.6 Å². The van der Waals surface area contributed by atoms with E-state index in [1.165, 1.54) is 35.6 Å². The Labute approximate surface area is 118 Å². The number of ether oxygens (including phenoxy) is 1. The Kier molecular flexibility index (Phi) is 4.12. The van der Waals surface area contributed by atoms with Crippen molar-refractivity contribution in [3.63, 3.8) is 0 Å². The summed E-state index contributed by atoms with van der Waals surface area (Å²) >= 11 is 0. The molecule has 1 aromatic carbocycles. The number of rotatable bonds is 4. The summed E-state index contributed by atoms with van der Waals surface area (Å²) in [4.78, 5) is 10.9. The van der Waals surface area contributed by atoms with Gasteiger partial charge in [0.25, 0.3) is 0 Å². The molecule has 1 heterocycles. The van der Waals surface area contributed by atoms with Crippen LogP contribution >= 0.6 is 0 Å². The van der Waals surface area contributed by atoms with Gasteiger partial charge in [-0.15, -0.1) is 0 Å². The van der Waals surface area contributed by atoms with Gasteiger partial charge in [-0.1, -0.05) is 0 Å². The molecule has 1 aromatic rings. The zero-order chi connectivity index (χ0) is 14.9. The minimum atomic E-state index is -3.64. The lowest BCUT2D eigenvalue weighted by Gasteiger charge is -2.26. The standard InChI is InChI=1S/C13H17NO5S/c1-9-12(7-8-19-9)14(2)20(17,18)11-5-3-10(4-6-11)13(15)16/h3-6,9,12H,7-8H2,1-2H3,(H,15,16). The molecule has 20 heavy (non-hydrogen) atoms. The molecule has 1 aliphatic heterocycles. The van der Waals surface area contributed by atoms with Crippen LogP contribution in [0.4, 0.5) is 0 Å². The van der Waals surface area contributed by atoms with E-state index in [0.29, 0.717) is 13.0 Å². The van der Waals surface area contributed by atoms with Crippen LogP contribution in [0.25, 0.3) is 0 Å². The molecule has 1 N–H and O–H groups in total. The van der Waals surface area contributed by atoms with Gasteiger partial charge in [0.1, 0.15) is 0 Å². The Bertz CT molecular complexity index is 596. The Morgan fingerprint density at radius 2 is 1.95 bits per heavy atom. The second-order valence-corrected chi connectivity index (χ2v) is 6.78. The molecule has 2 atom stereocenters. The summed E-state index contributed by atoms with van der Waals surface area (Å²) in [6, 6.07) is 5.01. The Hall–Kier alpha value is -1.44. The first kappa shape index (κ1) is 15.0. The molecule has 0 saturated carbocycles. The minimum absolute atomic E-state index is 0.0594. The highest BCUT2D eigenvalue weighted by molar-refractivity contribution is 7.89. The van der Waals surface area contributed by atoms with Gasteiger partial charge in [0.2, 0.25) is 10.0 Å². The van der Waals surface area contributed by atoms with Crippen LogP contribution in [0.2, 0.25) is 0 Å². The number of hydrogen-bond acceptors (Lipinski definition) is 4. The predicted molar refractivity (Wildman–Crippen MR) is 72.2 cm³/mol. The summed E-state index contributed by atoms with van der Waals surface area (Å²) in [6.45, 7) is 2.39. The fraction of sp³-hybridized carbons (Fsp3) is 0.462. The monoisotopic (exact) mass is 299 g/mol. The lowest BCUT2D eigenvalue weighted by Crippen LogP contribution is -2.40. The molecular formula is C13H17NO5S. The van der Waals surface area contributed by atoms with Gasteiger partial charge >= 0.3 is 5.97 Å². The molecule has 2 unspecified atom stereocenters. The zero-order valence-electron chi connectivity index (χ0n) is 11.3. The summed E-state index contributed by atoms with van der Waals surface area (Å²) in [5.74, 6) is -1.08. The van der Waals surface area contributed by atoms with Crippen molar-refractivity contribution in [1.29, 1.82) is 0 Å². The van der Waals surface area contributed by atoms with E-state index in [0.717, 1.165) is 0 Å². The molecule has 7 heteroatoms. The fourth-order valence-electron chi connectivity index (χ4n) is 2.31. The van der Waals surface area contributed by atoms with Crippen molar-refractivity contribution >= 4 is 16.0 Å². The van der Waals surface area contributed by atoms with Gasteiger partial charge in [-0.25, -0.2) is 13.2 Å². The molecule has 110 valence electrons. The minimum Gasteiger partial charge on any atom is -0.478 e. The van der Waals surface area contributed by atoms with Crippen molar-refractivity contribution in [2.45, 2.75) is 30.4 Å². The van der Waals surface area contributed by atoms with Crippen molar-refractivity contribution in [1.82, 2.24) is 4.31 Å². The van der Waals surface area contributed by atoms with Crippen molar-refractivity contribution in [3.8, 4) is 0 Å². The van der Waals surface area contributed by atoms with Gasteiger partial charge < -0.3 is 9.84 Å². The van der Waals surface area contributed by atoms with E-state index in [9.17, 15) is 13.2 Å². The van der Waals surface area contributed by atoms with Gasteiger partial charge in [-0.2, -0.15) is 4.31 Å². The summed E-state index contributed by atoms with van der Waals surface area (Å²) in [7, 11) is -2.11. The molecule has 0 spiro atoms. The summed E-state index contributed by atoms with van der Waals surface area (Å²) in [5, 5.41) is 8.82. The summed E-state index contributed by atoms with van der Waals surface area (Å²) in [6.07, 6.45) is 0.512. The molecule has 0 amide bonds. The third-order valence-corrected chi connectivity index (χ3v) is 5.48. The highest BCUT2D eigenvalue weighted by Gasteiger charge is 2.35. The first-order valence-electron chi connectivity index (χ1n) is 6.27. The lowest BCUT2D eigenvalue weighted by atomic mass is 10.2. The topological polar surface area (TPSA) is 83.9 Å². The number of carbonyl (C=O) groups is 1. The SMILES string of the molecule is CC1OCCC1N(C)S(=O)(=O)c1ccc(C(=O)O)cc1. The van der Waals surface area contributed by atoms with E-state index in [4.69, 9.17) is 9.84 Å². The lowest BCUT2D eigenvalue weighted by molar-refractivity contribution is 0.0696. The number of carboxylic acid groups (broad SMARTS) is 1. The van der Waals surface area contributed by atoms with Crippen molar-refractivity contribution in [2.75, 3.05) is 13.7 Å². The van der Waals surface area contributed by atoms with Gasteiger partial charge in [0.05, 0.1) is 22.6 Å². The van der Waals surface area contributed by atoms with Crippen LogP contribution in [0.3, 0.4) is 0 Å². The molecular weight excluding hydrogens is 282 g/mol. The molecule has 0 aliphatic carbocycles. The van der Waals surface area contributed by atoms with Crippen molar-refractivity contribution in [2.24, 2.45) is 0 Å². The first-order valence-corrected chi connectivity index (χ1v) is 7.71. The van der Waals surface area contributed by atoms with E-state index < -0.39 is 16.0 Å². The van der Waals surface area contributed by atoms with Gasteiger partial charge in [-0.3, -0.25) is 0 Å². The average Bonchev–Trinajstić information content (AvgIpc) is 2.84. The van der Waals surface area contributed by atoms with Crippen LogP contribution in [-0.2, 0) is 14.8 Å². The maximum absolute atomic E-state index is 12.5. The van der Waals surface area contributed by atoms with Gasteiger partial charge in [-0.05, 0) is 37.6 Å². The maximum Gasteiger partial charge on any atom is 0.335 e. The predicted octanol–water partition coefficient (Wildman–Crippen LogP) is 1.18. The quantitative estimate of drug-likeness (QED) is 0.902. The molecule has 0 aromatic heterocycles. The zero-order valence-corrected chi connectivity index (χ0v) is 12.1. The second kappa shape index (κ2) is 5.51. The smallest absolute Gasteiger partial charge is 0.335 e. The van der Waals surface area contributed by atoms with E-state index >= 15 is 0 Å². The normalized spacial score (nSPS) is 23.1. The number of benzene rings is 1. The highest BCUT2D eigenvalue weighted by Crippen LogP contribution is 2.24. The van der Waals surface area contributed by atoms with Crippen LogP contribution in [0, 0.1) is 0 Å². The van der Waals surface area contributed by atoms with Gasteiger partial charge in [0.15, 0.2) is 0 Å². The summed E-state index contributed by atoms with van der Waals surface area (Å²) in [5.41, 5.74) is 0.0594. The molecule has 6 nitrogen and oxygen atoms in total. The number of likely N-dealkylation sites (N-methyl/N-ethyl adjacent to an activating group) is 1. The maximum atomic E-state index is 12.5. The van der Waals surface area contributed by atoms with Crippen molar-refractivity contribution in [3.05, 3.63) is 29.8 Å². The van der Waals surface area contributed by atoms with E-state index in [1.807, 2.05) is 6.92 Å². The molecule has 1 saturated heterocycles.